The van der Waals surface area contributed by atoms with Crippen molar-refractivity contribution in [2.24, 2.45) is 5.10 Å². The summed E-state index contributed by atoms with van der Waals surface area (Å²) in [7, 11) is 0. The number of hydrogen-bond acceptors (Lipinski definition) is 5. The molecule has 0 saturated heterocycles. The predicted molar refractivity (Wildman–Crippen MR) is 184 cm³/mol. The first-order valence-corrected chi connectivity index (χ1v) is 15.9. The molecule has 0 aliphatic carbocycles. The summed E-state index contributed by atoms with van der Waals surface area (Å²) in [4.78, 5) is 18.7. The second kappa shape index (κ2) is 13.7. The van der Waals surface area contributed by atoms with Crippen LogP contribution in [0.25, 0.3) is 22.3 Å². The van der Waals surface area contributed by atoms with E-state index < -0.39 is 0 Å². The Morgan fingerprint density at radius 3 is 2.45 bits per heavy atom. The van der Waals surface area contributed by atoms with Gasteiger partial charge in [-0.2, -0.15) is 9.78 Å². The highest BCUT2D eigenvalue weighted by Crippen LogP contribution is 2.36. The molecule has 1 heterocycles. The van der Waals surface area contributed by atoms with Gasteiger partial charge in [-0.25, -0.2) is 4.98 Å². The molecule has 0 aliphatic heterocycles. The quantitative estimate of drug-likeness (QED) is 0.143. The molecule has 44 heavy (non-hydrogen) atoms. The molecule has 0 spiro atoms. The summed E-state index contributed by atoms with van der Waals surface area (Å²) in [6.07, 6.45) is 1.58. The molecule has 1 aromatic heterocycles. The number of fused-ring (bicyclic) bond motifs is 1. The molecule has 5 aromatic rings. The van der Waals surface area contributed by atoms with Gasteiger partial charge >= 0.3 is 0 Å². The molecule has 226 valence electrons. The minimum absolute atomic E-state index is 0.192. The second-order valence-corrected chi connectivity index (χ2v) is 12.5. The van der Waals surface area contributed by atoms with Crippen LogP contribution in [0.5, 0.6) is 11.5 Å². The minimum Gasteiger partial charge on any atom is -0.494 e. The van der Waals surface area contributed by atoms with Crippen molar-refractivity contribution in [1.82, 2.24) is 9.66 Å². The van der Waals surface area contributed by atoms with Gasteiger partial charge in [-0.1, -0.05) is 66.8 Å². The van der Waals surface area contributed by atoms with Crippen LogP contribution in [0.2, 0.25) is 15.1 Å². The monoisotopic (exact) mass is 711 g/mol. The number of rotatable bonds is 9. The number of nitrogens with zero attached hydrogens (tertiary/aromatic N) is 3. The lowest BCUT2D eigenvalue weighted by Gasteiger charge is -2.18. The zero-order chi connectivity index (χ0) is 31.5. The first-order chi connectivity index (χ1) is 21.1. The third-order valence-electron chi connectivity index (χ3n) is 6.98. The summed E-state index contributed by atoms with van der Waals surface area (Å²) in [5.41, 5.74) is 4.54. The Kier molecular flexibility index (Phi) is 10.0. The fraction of sp³-hybridized carbons (Fsp3) is 0.206. The van der Waals surface area contributed by atoms with Crippen molar-refractivity contribution in [3.05, 3.63) is 119 Å². The largest absolute Gasteiger partial charge is 0.494 e. The molecular formula is C34H29BrCl3N3O3. The van der Waals surface area contributed by atoms with E-state index in [1.165, 1.54) is 4.68 Å². The van der Waals surface area contributed by atoms with Gasteiger partial charge in [0.05, 0.1) is 43.3 Å². The number of aromatic nitrogens is 2. The molecule has 0 amide bonds. The molecule has 0 radical (unpaired) electrons. The molecule has 6 nitrogen and oxygen atoms in total. The van der Waals surface area contributed by atoms with E-state index in [2.05, 4.69) is 34.9 Å². The Morgan fingerprint density at radius 2 is 1.75 bits per heavy atom. The lowest BCUT2D eigenvalue weighted by molar-refractivity contribution is 0.304. The lowest BCUT2D eigenvalue weighted by Crippen LogP contribution is -2.21. The molecule has 0 bridgehead atoms. The Hall–Kier alpha value is -3.36. The van der Waals surface area contributed by atoms with Crippen LogP contribution in [-0.4, -0.2) is 22.5 Å². The van der Waals surface area contributed by atoms with Gasteiger partial charge in [0.25, 0.3) is 5.56 Å². The van der Waals surface area contributed by atoms with Gasteiger partial charge in [-0.05, 0) is 106 Å². The van der Waals surface area contributed by atoms with Crippen molar-refractivity contribution in [3.63, 3.8) is 0 Å². The van der Waals surface area contributed by atoms with E-state index in [4.69, 9.17) is 49.3 Å². The maximum absolute atomic E-state index is 13.8. The van der Waals surface area contributed by atoms with Gasteiger partial charge in [0.1, 0.15) is 12.4 Å². The number of halogens is 4. The van der Waals surface area contributed by atoms with Crippen molar-refractivity contribution in [2.75, 3.05) is 6.61 Å². The number of ether oxygens (including phenoxy) is 2. The van der Waals surface area contributed by atoms with Crippen LogP contribution in [0.1, 0.15) is 48.9 Å². The van der Waals surface area contributed by atoms with E-state index in [-0.39, 0.29) is 18.1 Å². The van der Waals surface area contributed by atoms with Crippen molar-refractivity contribution in [3.8, 4) is 22.9 Å². The van der Waals surface area contributed by atoms with Crippen molar-refractivity contribution in [1.29, 1.82) is 0 Å². The number of para-hydroxylation sites is 1. The van der Waals surface area contributed by atoms with Crippen LogP contribution in [-0.2, 0) is 6.61 Å². The zero-order valence-electron chi connectivity index (χ0n) is 24.5. The summed E-state index contributed by atoms with van der Waals surface area (Å²) in [5, 5.41) is 6.39. The molecule has 0 N–H and O–H groups in total. The van der Waals surface area contributed by atoms with Crippen LogP contribution in [0, 0.1) is 6.92 Å². The number of hydrogen-bond donors (Lipinski definition) is 0. The van der Waals surface area contributed by atoms with Crippen LogP contribution in [0.3, 0.4) is 0 Å². The summed E-state index contributed by atoms with van der Waals surface area (Å²) in [5.74, 6) is 1.91. The van der Waals surface area contributed by atoms with E-state index in [1.807, 2.05) is 56.3 Å². The Bertz CT molecular complexity index is 1930. The van der Waals surface area contributed by atoms with Gasteiger partial charge in [0.15, 0.2) is 11.6 Å². The van der Waals surface area contributed by atoms with Gasteiger partial charge in [0.2, 0.25) is 0 Å². The fourth-order valence-corrected chi connectivity index (χ4v) is 6.09. The van der Waals surface area contributed by atoms with Crippen molar-refractivity contribution >= 4 is 67.9 Å². The minimum atomic E-state index is -0.284. The SMILES string of the molecule is CCOc1cc(C)c(-c2nc3ccccc3c(=O)n2N=Cc2cc(Cl)c(OCc3ccc(Cl)c(Cl)c3)c(Br)c2)cc1C(C)C. The van der Waals surface area contributed by atoms with Crippen LogP contribution in [0.15, 0.2) is 81.1 Å². The number of benzene rings is 4. The summed E-state index contributed by atoms with van der Waals surface area (Å²) < 4.78 is 13.9. The number of aryl methyl sites for hydroxylation is 1. The maximum atomic E-state index is 13.8. The molecule has 0 atom stereocenters. The summed E-state index contributed by atoms with van der Waals surface area (Å²) >= 11 is 22.3. The van der Waals surface area contributed by atoms with Gasteiger partial charge < -0.3 is 9.47 Å². The lowest BCUT2D eigenvalue weighted by atomic mass is 9.96. The summed E-state index contributed by atoms with van der Waals surface area (Å²) in [6.45, 7) is 8.95. The van der Waals surface area contributed by atoms with E-state index in [0.29, 0.717) is 54.2 Å². The summed E-state index contributed by atoms with van der Waals surface area (Å²) in [6, 6.07) is 20.1. The van der Waals surface area contributed by atoms with Crippen molar-refractivity contribution < 1.29 is 9.47 Å². The Labute approximate surface area is 279 Å². The third kappa shape index (κ3) is 6.81. The van der Waals surface area contributed by atoms with E-state index in [1.54, 1.807) is 30.5 Å². The van der Waals surface area contributed by atoms with Gasteiger partial charge in [-0.15, -0.1) is 0 Å². The predicted octanol–water partition coefficient (Wildman–Crippen LogP) is 10.1. The molecule has 0 unspecified atom stereocenters. The van der Waals surface area contributed by atoms with Crippen LogP contribution >= 0.6 is 50.7 Å². The highest BCUT2D eigenvalue weighted by molar-refractivity contribution is 9.10. The standard InChI is InChI=1S/C34H29BrCl3N3O3/c1-5-43-31-12-20(4)25(16-24(31)19(2)3)33-40-30-9-7-6-8-23(30)34(42)41(33)39-17-22-13-26(35)32(29(38)15-22)44-18-21-10-11-27(36)28(37)14-21/h6-17,19H,5,18H2,1-4H3. The second-order valence-electron chi connectivity index (χ2n) is 10.5. The molecule has 10 heteroatoms. The average molecular weight is 714 g/mol. The Balaban J connectivity index is 1.55. The average Bonchev–Trinajstić information content (AvgIpc) is 2.98. The first kappa shape index (κ1) is 32.0. The fourth-order valence-electron chi connectivity index (χ4n) is 4.78. The van der Waals surface area contributed by atoms with Gasteiger partial charge in [0, 0.05) is 5.56 Å². The Morgan fingerprint density at radius 1 is 0.977 bits per heavy atom. The molecule has 0 saturated carbocycles. The molecule has 0 aliphatic rings. The maximum Gasteiger partial charge on any atom is 0.282 e. The highest BCUT2D eigenvalue weighted by atomic mass is 79.9. The topological polar surface area (TPSA) is 65.7 Å². The molecule has 4 aromatic carbocycles. The molecular weight excluding hydrogens is 685 g/mol. The van der Waals surface area contributed by atoms with E-state index in [0.717, 1.165) is 28.0 Å². The smallest absolute Gasteiger partial charge is 0.282 e. The third-order valence-corrected chi connectivity index (χ3v) is 8.59. The van der Waals surface area contributed by atoms with E-state index in [9.17, 15) is 4.79 Å². The van der Waals surface area contributed by atoms with E-state index >= 15 is 0 Å². The molecule has 5 rings (SSSR count). The zero-order valence-corrected chi connectivity index (χ0v) is 28.4. The van der Waals surface area contributed by atoms with Crippen LogP contribution in [0.4, 0.5) is 0 Å². The first-order valence-electron chi connectivity index (χ1n) is 14.0. The van der Waals surface area contributed by atoms with Crippen molar-refractivity contribution in [2.45, 2.75) is 40.2 Å². The van der Waals surface area contributed by atoms with Gasteiger partial charge in [-0.3, -0.25) is 4.79 Å². The normalized spacial score (nSPS) is 11.6. The van der Waals surface area contributed by atoms with Crippen LogP contribution < -0.4 is 15.0 Å². The highest BCUT2D eigenvalue weighted by Gasteiger charge is 2.19. The molecule has 0 fully saturated rings.